The van der Waals surface area contributed by atoms with E-state index in [0.29, 0.717) is 5.92 Å². The summed E-state index contributed by atoms with van der Waals surface area (Å²) in [5, 5.41) is 2.64. The first-order valence-corrected chi connectivity index (χ1v) is 10.2. The summed E-state index contributed by atoms with van der Waals surface area (Å²) in [7, 11) is 0. The van der Waals surface area contributed by atoms with Crippen LogP contribution < -0.4 is 0 Å². The molecule has 0 amide bonds. The number of hydrogen-bond acceptors (Lipinski definition) is 0. The average molecular weight is 401 g/mol. The van der Waals surface area contributed by atoms with Gasteiger partial charge in [-0.25, -0.2) is 0 Å². The molecule has 1 atom stereocenters. The Bertz CT molecular complexity index is 1080. The largest absolute Gasteiger partial charge is 0.0652 e. The molecule has 0 saturated heterocycles. The second-order valence-electron chi connectivity index (χ2n) is 7.57. The van der Waals surface area contributed by atoms with Gasteiger partial charge in [-0.15, -0.1) is 0 Å². The average Bonchev–Trinajstić information content (AvgIpc) is 3.21. The number of benzene rings is 3. The standard InChI is InChI=1S/C25H21Br/c1-16-12-24-23(15-20-8-4-5-9-22(20)25(24)26)21(16)11-10-17-13-18-6-2-3-7-19(18)14-17/h2-9,12-13,15,21H,10-11,14H2,1H3. The van der Waals surface area contributed by atoms with Crippen LogP contribution in [0.25, 0.3) is 22.9 Å². The van der Waals surface area contributed by atoms with Crippen molar-refractivity contribution in [2.45, 2.75) is 32.1 Å². The highest BCUT2D eigenvalue weighted by atomic mass is 79.9. The molecule has 0 spiro atoms. The van der Waals surface area contributed by atoms with E-state index >= 15 is 0 Å². The van der Waals surface area contributed by atoms with Crippen LogP contribution in [-0.4, -0.2) is 0 Å². The Hall–Kier alpha value is -2.12. The van der Waals surface area contributed by atoms with Crippen molar-refractivity contribution in [3.8, 4) is 0 Å². The van der Waals surface area contributed by atoms with Crippen LogP contribution in [0.4, 0.5) is 0 Å². The maximum Gasteiger partial charge on any atom is 0.0329 e. The molecule has 0 aliphatic heterocycles. The summed E-state index contributed by atoms with van der Waals surface area (Å²) < 4.78 is 1.25. The predicted molar refractivity (Wildman–Crippen MR) is 115 cm³/mol. The van der Waals surface area contributed by atoms with E-state index in [9.17, 15) is 0 Å². The van der Waals surface area contributed by atoms with Crippen LogP contribution in [0.15, 0.2) is 70.2 Å². The smallest absolute Gasteiger partial charge is 0.0329 e. The zero-order valence-corrected chi connectivity index (χ0v) is 16.5. The van der Waals surface area contributed by atoms with Crippen LogP contribution >= 0.6 is 15.9 Å². The van der Waals surface area contributed by atoms with Crippen molar-refractivity contribution >= 4 is 38.9 Å². The van der Waals surface area contributed by atoms with E-state index in [-0.39, 0.29) is 0 Å². The molecule has 0 radical (unpaired) electrons. The van der Waals surface area contributed by atoms with Crippen molar-refractivity contribution in [3.63, 3.8) is 0 Å². The Morgan fingerprint density at radius 3 is 2.69 bits per heavy atom. The van der Waals surface area contributed by atoms with Crippen LogP contribution in [-0.2, 0) is 6.42 Å². The molecular weight excluding hydrogens is 380 g/mol. The van der Waals surface area contributed by atoms with Gasteiger partial charge in [0, 0.05) is 10.4 Å². The first-order valence-electron chi connectivity index (χ1n) is 9.37. The summed E-state index contributed by atoms with van der Waals surface area (Å²) >= 11 is 3.87. The SMILES string of the molecule is CC1=Cc2c(cc3ccccc3c2Br)C1CCC1=Cc2ccccc2C1. The molecule has 5 rings (SSSR count). The molecule has 3 aromatic rings. The van der Waals surface area contributed by atoms with Crippen molar-refractivity contribution in [1.29, 1.82) is 0 Å². The van der Waals surface area contributed by atoms with Gasteiger partial charge in [0.25, 0.3) is 0 Å². The number of halogens is 1. The van der Waals surface area contributed by atoms with Gasteiger partial charge >= 0.3 is 0 Å². The van der Waals surface area contributed by atoms with E-state index in [1.54, 1.807) is 5.57 Å². The second-order valence-corrected chi connectivity index (χ2v) is 8.37. The highest BCUT2D eigenvalue weighted by Crippen LogP contribution is 2.45. The Kier molecular flexibility index (Phi) is 3.86. The van der Waals surface area contributed by atoms with E-state index < -0.39 is 0 Å². The number of fused-ring (bicyclic) bond motifs is 3. The lowest BCUT2D eigenvalue weighted by Gasteiger charge is -2.16. The molecule has 0 nitrogen and oxygen atoms in total. The molecule has 2 aliphatic rings. The lowest BCUT2D eigenvalue weighted by Crippen LogP contribution is -1.99. The third-order valence-corrected chi connectivity index (χ3v) is 6.79. The zero-order chi connectivity index (χ0) is 17.7. The fourth-order valence-electron chi connectivity index (χ4n) is 4.57. The zero-order valence-electron chi connectivity index (χ0n) is 14.9. The summed E-state index contributed by atoms with van der Waals surface area (Å²) in [4.78, 5) is 0. The van der Waals surface area contributed by atoms with Crippen LogP contribution in [0.5, 0.6) is 0 Å². The fourth-order valence-corrected chi connectivity index (χ4v) is 5.28. The highest BCUT2D eigenvalue weighted by molar-refractivity contribution is 9.10. The second kappa shape index (κ2) is 6.25. The van der Waals surface area contributed by atoms with Gasteiger partial charge in [0.05, 0.1) is 0 Å². The lowest BCUT2D eigenvalue weighted by atomic mass is 9.88. The maximum atomic E-state index is 3.87. The van der Waals surface area contributed by atoms with Crippen LogP contribution in [0.1, 0.15) is 47.9 Å². The van der Waals surface area contributed by atoms with Crippen LogP contribution in [0.2, 0.25) is 0 Å². The summed E-state index contributed by atoms with van der Waals surface area (Å²) in [5.74, 6) is 0.538. The van der Waals surface area contributed by atoms with Gasteiger partial charge in [-0.05, 0) is 81.2 Å². The minimum atomic E-state index is 0.538. The normalized spacial score (nSPS) is 17.8. The molecule has 0 fully saturated rings. The van der Waals surface area contributed by atoms with Crippen LogP contribution in [0, 0.1) is 0 Å². The molecule has 0 N–H and O–H groups in total. The Morgan fingerprint density at radius 1 is 1.00 bits per heavy atom. The van der Waals surface area contributed by atoms with Gasteiger partial charge in [0.1, 0.15) is 0 Å². The van der Waals surface area contributed by atoms with Gasteiger partial charge in [-0.3, -0.25) is 0 Å². The van der Waals surface area contributed by atoms with Gasteiger partial charge in [0.15, 0.2) is 0 Å². The fraction of sp³-hybridized carbons (Fsp3) is 0.200. The molecule has 128 valence electrons. The Labute approximate surface area is 163 Å². The third kappa shape index (κ3) is 2.57. The van der Waals surface area contributed by atoms with E-state index in [4.69, 9.17) is 0 Å². The number of allylic oxidation sites excluding steroid dienone is 2. The minimum absolute atomic E-state index is 0.538. The molecule has 1 unspecified atom stereocenters. The van der Waals surface area contributed by atoms with Gasteiger partial charge in [0.2, 0.25) is 0 Å². The van der Waals surface area contributed by atoms with Crippen molar-refractivity contribution in [2.75, 3.05) is 0 Å². The van der Waals surface area contributed by atoms with E-state index in [2.05, 4.69) is 89.6 Å². The molecular formula is C25H21Br. The Balaban J connectivity index is 1.43. The summed E-state index contributed by atoms with van der Waals surface area (Å²) in [5.41, 5.74) is 8.84. The minimum Gasteiger partial charge on any atom is -0.0652 e. The quantitative estimate of drug-likeness (QED) is 0.426. The Morgan fingerprint density at radius 2 is 1.81 bits per heavy atom. The number of rotatable bonds is 3. The number of hydrogen-bond donors (Lipinski definition) is 0. The third-order valence-electron chi connectivity index (χ3n) is 5.94. The molecule has 26 heavy (non-hydrogen) atoms. The van der Waals surface area contributed by atoms with Crippen molar-refractivity contribution in [1.82, 2.24) is 0 Å². The molecule has 0 saturated carbocycles. The molecule has 0 bridgehead atoms. The molecule has 2 aliphatic carbocycles. The van der Waals surface area contributed by atoms with Gasteiger partial charge in [-0.1, -0.05) is 71.8 Å². The van der Waals surface area contributed by atoms with Crippen molar-refractivity contribution in [3.05, 3.63) is 92.5 Å². The van der Waals surface area contributed by atoms with Crippen molar-refractivity contribution < 1.29 is 0 Å². The summed E-state index contributed by atoms with van der Waals surface area (Å²) in [6, 6.07) is 19.9. The molecule has 0 heterocycles. The van der Waals surface area contributed by atoms with E-state index in [1.807, 2.05) is 0 Å². The predicted octanol–water partition coefficient (Wildman–Crippen LogP) is 7.52. The summed E-state index contributed by atoms with van der Waals surface area (Å²) in [6.07, 6.45) is 8.28. The molecule has 3 aromatic carbocycles. The first kappa shape index (κ1) is 16.1. The lowest BCUT2D eigenvalue weighted by molar-refractivity contribution is 0.706. The first-order chi connectivity index (χ1) is 12.7. The maximum absolute atomic E-state index is 3.87. The molecule has 0 aromatic heterocycles. The van der Waals surface area contributed by atoms with E-state index in [1.165, 1.54) is 55.9 Å². The van der Waals surface area contributed by atoms with Gasteiger partial charge < -0.3 is 0 Å². The summed E-state index contributed by atoms with van der Waals surface area (Å²) in [6.45, 7) is 2.29. The molecule has 1 heteroatoms. The topological polar surface area (TPSA) is 0 Å². The monoisotopic (exact) mass is 400 g/mol. The van der Waals surface area contributed by atoms with Crippen molar-refractivity contribution in [2.24, 2.45) is 0 Å². The van der Waals surface area contributed by atoms with Gasteiger partial charge in [-0.2, -0.15) is 0 Å². The highest BCUT2D eigenvalue weighted by Gasteiger charge is 2.26. The van der Waals surface area contributed by atoms with Crippen LogP contribution in [0.3, 0.4) is 0 Å². The van der Waals surface area contributed by atoms with E-state index in [0.717, 1.165) is 6.42 Å².